The van der Waals surface area contributed by atoms with Crippen molar-refractivity contribution >= 4 is 6.16 Å². The largest absolute Gasteiger partial charge is 0.508 e. The predicted molar refractivity (Wildman–Crippen MR) is 62.1 cm³/mol. The third-order valence-corrected chi connectivity index (χ3v) is 1.91. The molecule has 0 aromatic carbocycles. The summed E-state index contributed by atoms with van der Waals surface area (Å²) in [5.41, 5.74) is 0. The molecule has 0 fully saturated rings. The quantitative estimate of drug-likeness (QED) is 0.434. The molecular weight excluding hydrogens is 244 g/mol. The highest BCUT2D eigenvalue weighted by molar-refractivity contribution is 5.59. The van der Waals surface area contributed by atoms with Crippen LogP contribution >= 0.6 is 0 Å². The second-order valence-electron chi connectivity index (χ2n) is 3.11. The third kappa shape index (κ3) is 8.24. The van der Waals surface area contributed by atoms with Gasteiger partial charge in [-0.15, -0.1) is 0 Å². The van der Waals surface area contributed by atoms with Gasteiger partial charge in [0.2, 0.25) is 0 Å². The topological polar surface area (TPSA) is 72.5 Å². The summed E-state index contributed by atoms with van der Waals surface area (Å²) in [6.07, 6.45) is -2.00. The zero-order valence-electron chi connectivity index (χ0n) is 11.3. The van der Waals surface area contributed by atoms with Crippen LogP contribution < -0.4 is 0 Å². The van der Waals surface area contributed by atoms with E-state index >= 15 is 0 Å². The normalized spacial score (nSPS) is 14.0. The average molecular weight is 266 g/mol. The van der Waals surface area contributed by atoms with E-state index in [1.54, 1.807) is 0 Å². The van der Waals surface area contributed by atoms with E-state index in [2.05, 4.69) is 0 Å². The van der Waals surface area contributed by atoms with E-state index in [0.29, 0.717) is 13.2 Å². The Morgan fingerprint density at radius 2 is 1.28 bits per heavy atom. The Hall–Kier alpha value is -0.890. The zero-order valence-corrected chi connectivity index (χ0v) is 11.3. The molecule has 2 unspecified atom stereocenters. The van der Waals surface area contributed by atoms with Crippen molar-refractivity contribution in [2.45, 2.75) is 26.4 Å². The fourth-order valence-corrected chi connectivity index (χ4v) is 1.05. The molecule has 0 aromatic rings. The van der Waals surface area contributed by atoms with E-state index in [9.17, 15) is 4.79 Å². The van der Waals surface area contributed by atoms with Gasteiger partial charge in [-0.25, -0.2) is 4.79 Å². The van der Waals surface area contributed by atoms with Gasteiger partial charge in [0, 0.05) is 27.4 Å². The third-order valence-electron chi connectivity index (χ3n) is 1.91. The van der Waals surface area contributed by atoms with Crippen molar-refractivity contribution in [2.24, 2.45) is 0 Å². The van der Waals surface area contributed by atoms with E-state index < -0.39 is 18.7 Å². The lowest BCUT2D eigenvalue weighted by Gasteiger charge is -2.17. The van der Waals surface area contributed by atoms with Crippen molar-refractivity contribution in [2.75, 3.05) is 40.6 Å². The van der Waals surface area contributed by atoms with Crippen molar-refractivity contribution in [1.29, 1.82) is 0 Å². The van der Waals surface area contributed by atoms with Gasteiger partial charge in [-0.1, -0.05) is 0 Å². The molecule has 0 spiro atoms. The lowest BCUT2D eigenvalue weighted by Crippen LogP contribution is -2.27. The smallest absolute Gasteiger partial charge is 0.429 e. The maximum atomic E-state index is 11.2. The second-order valence-corrected chi connectivity index (χ2v) is 3.11. The number of rotatable bonds is 10. The minimum atomic E-state index is -0.821. The second kappa shape index (κ2) is 11.2. The first-order chi connectivity index (χ1) is 8.67. The van der Waals surface area contributed by atoms with Crippen molar-refractivity contribution in [3.8, 4) is 0 Å². The van der Waals surface area contributed by atoms with E-state index in [1.165, 1.54) is 14.2 Å². The van der Waals surface area contributed by atoms with Gasteiger partial charge in [0.05, 0.1) is 0 Å². The lowest BCUT2D eigenvalue weighted by molar-refractivity contribution is -0.161. The van der Waals surface area contributed by atoms with E-state index in [4.69, 9.17) is 28.4 Å². The first kappa shape index (κ1) is 17.1. The highest BCUT2D eigenvalue weighted by Gasteiger charge is 2.14. The molecule has 0 radical (unpaired) electrons. The van der Waals surface area contributed by atoms with E-state index in [1.807, 2.05) is 13.8 Å². The minimum Gasteiger partial charge on any atom is -0.429 e. The Labute approximate surface area is 107 Å². The maximum absolute atomic E-state index is 11.2. The van der Waals surface area contributed by atoms with Crippen LogP contribution in [0.4, 0.5) is 4.79 Å². The van der Waals surface area contributed by atoms with Crippen LogP contribution in [0.15, 0.2) is 0 Å². The van der Waals surface area contributed by atoms with Crippen LogP contribution in [0.3, 0.4) is 0 Å². The maximum Gasteiger partial charge on any atom is 0.508 e. The molecule has 18 heavy (non-hydrogen) atoms. The van der Waals surface area contributed by atoms with Gasteiger partial charge in [0.25, 0.3) is 0 Å². The molecule has 0 aliphatic carbocycles. The van der Waals surface area contributed by atoms with Crippen molar-refractivity contribution in [3.63, 3.8) is 0 Å². The SMILES string of the molecule is CCOC(COC(=O)OCC(OC)OCC)OC. The number of methoxy groups -OCH3 is 2. The Morgan fingerprint density at radius 1 is 0.889 bits per heavy atom. The molecule has 0 heterocycles. The van der Waals surface area contributed by atoms with Gasteiger partial charge in [-0.2, -0.15) is 0 Å². The van der Waals surface area contributed by atoms with Gasteiger partial charge < -0.3 is 28.4 Å². The highest BCUT2D eigenvalue weighted by atomic mass is 16.8. The summed E-state index contributed by atoms with van der Waals surface area (Å²) >= 11 is 0. The monoisotopic (exact) mass is 266 g/mol. The summed E-state index contributed by atoms with van der Waals surface area (Å²) in [5.74, 6) is 0. The first-order valence-corrected chi connectivity index (χ1v) is 5.76. The van der Waals surface area contributed by atoms with E-state index in [-0.39, 0.29) is 13.2 Å². The van der Waals surface area contributed by atoms with Crippen LogP contribution in [-0.4, -0.2) is 59.4 Å². The van der Waals surface area contributed by atoms with Crippen LogP contribution in [0.5, 0.6) is 0 Å². The molecule has 0 amide bonds. The average Bonchev–Trinajstić information content (AvgIpc) is 2.39. The molecule has 0 saturated carbocycles. The number of hydrogen-bond donors (Lipinski definition) is 0. The van der Waals surface area contributed by atoms with Gasteiger partial charge in [0.1, 0.15) is 13.2 Å². The molecular formula is C11H22O7. The lowest BCUT2D eigenvalue weighted by atomic mass is 10.6. The van der Waals surface area contributed by atoms with Crippen LogP contribution in [-0.2, 0) is 28.4 Å². The zero-order chi connectivity index (χ0) is 13.8. The van der Waals surface area contributed by atoms with Crippen LogP contribution in [0.25, 0.3) is 0 Å². The fourth-order valence-electron chi connectivity index (χ4n) is 1.05. The Bertz CT molecular complexity index is 190. The van der Waals surface area contributed by atoms with Crippen molar-refractivity contribution < 1.29 is 33.2 Å². The molecule has 2 atom stereocenters. The molecule has 0 rings (SSSR count). The molecule has 0 aliphatic heterocycles. The molecule has 7 nitrogen and oxygen atoms in total. The predicted octanol–water partition coefficient (Wildman–Crippen LogP) is 1.16. The number of ether oxygens (including phenoxy) is 6. The molecule has 7 heteroatoms. The standard InChI is InChI=1S/C11H22O7/c1-5-15-9(13-3)7-17-11(12)18-8-10(14-4)16-6-2/h9-10H,5-8H2,1-4H3. The summed E-state index contributed by atoms with van der Waals surface area (Å²) in [6, 6.07) is 0. The molecule has 0 aliphatic rings. The van der Waals surface area contributed by atoms with E-state index in [0.717, 1.165) is 0 Å². The minimum absolute atomic E-state index is 0.0323. The Balaban J connectivity index is 3.75. The molecule has 0 aromatic heterocycles. The molecule has 0 bridgehead atoms. The van der Waals surface area contributed by atoms with Crippen molar-refractivity contribution in [1.82, 2.24) is 0 Å². The van der Waals surface area contributed by atoms with Gasteiger partial charge in [-0.05, 0) is 13.8 Å². The number of hydrogen-bond acceptors (Lipinski definition) is 7. The highest BCUT2D eigenvalue weighted by Crippen LogP contribution is 1.99. The van der Waals surface area contributed by atoms with Crippen molar-refractivity contribution in [3.05, 3.63) is 0 Å². The fraction of sp³-hybridized carbons (Fsp3) is 0.909. The Kier molecular flexibility index (Phi) is 10.7. The van der Waals surface area contributed by atoms with Gasteiger partial charge >= 0.3 is 6.16 Å². The van der Waals surface area contributed by atoms with Crippen LogP contribution in [0.2, 0.25) is 0 Å². The number of carbonyl (C=O) groups excluding carboxylic acids is 1. The number of carbonyl (C=O) groups is 1. The Morgan fingerprint density at radius 3 is 1.56 bits per heavy atom. The summed E-state index contributed by atoms with van der Waals surface area (Å²) in [7, 11) is 2.93. The van der Waals surface area contributed by atoms with Crippen LogP contribution in [0, 0.1) is 0 Å². The summed E-state index contributed by atoms with van der Waals surface area (Å²) < 4.78 is 29.7. The molecule has 0 N–H and O–H groups in total. The molecule has 108 valence electrons. The van der Waals surface area contributed by atoms with Gasteiger partial charge in [-0.3, -0.25) is 0 Å². The molecule has 0 saturated heterocycles. The van der Waals surface area contributed by atoms with Crippen LogP contribution in [0.1, 0.15) is 13.8 Å². The van der Waals surface area contributed by atoms with Gasteiger partial charge in [0.15, 0.2) is 12.6 Å². The summed E-state index contributed by atoms with van der Waals surface area (Å²) in [4.78, 5) is 11.2. The summed E-state index contributed by atoms with van der Waals surface area (Å²) in [6.45, 7) is 4.50. The first-order valence-electron chi connectivity index (χ1n) is 5.76. The summed E-state index contributed by atoms with van der Waals surface area (Å²) in [5, 5.41) is 0.